The van der Waals surface area contributed by atoms with Gasteiger partial charge < -0.3 is 9.84 Å². The summed E-state index contributed by atoms with van der Waals surface area (Å²) in [6, 6.07) is 6.47. The van der Waals surface area contributed by atoms with Crippen LogP contribution in [0.25, 0.3) is 4.91 Å². The Kier molecular flexibility index (Phi) is 3.21. The third kappa shape index (κ3) is 2.09. The minimum Gasteiger partial charge on any atom is -0.477 e. The molecule has 0 radical (unpaired) electrons. The Morgan fingerprint density at radius 1 is 1.33 bits per heavy atom. The largest absolute Gasteiger partial charge is 0.477 e. The first kappa shape index (κ1) is 13.7. The van der Waals surface area contributed by atoms with Gasteiger partial charge in [0.25, 0.3) is 0 Å². The van der Waals surface area contributed by atoms with E-state index < -0.39 is 11.9 Å². The zero-order chi connectivity index (χ0) is 15.1. The summed E-state index contributed by atoms with van der Waals surface area (Å²) in [4.78, 5) is 36.2. The van der Waals surface area contributed by atoms with Crippen LogP contribution in [0.3, 0.4) is 0 Å². The predicted molar refractivity (Wildman–Crippen MR) is 75.2 cm³/mol. The molecule has 1 fully saturated rings. The molecule has 6 nitrogen and oxygen atoms in total. The number of β-lactam (4-membered cyclic amide) rings is 1. The molecule has 1 amide bonds. The number of carboxylic acids is 1. The van der Waals surface area contributed by atoms with Crippen LogP contribution in [0.4, 0.5) is 0 Å². The molecule has 0 saturated carbocycles. The number of nitrogens with zero attached hydrogens (tertiary/aromatic N) is 1. The van der Waals surface area contributed by atoms with Gasteiger partial charge >= 0.3 is 11.9 Å². The molecule has 1 atom stereocenters. The average Bonchev–Trinajstić information content (AvgIpc) is 2.79. The molecule has 1 saturated heterocycles. The molecule has 7 heteroatoms. The highest BCUT2D eigenvalue weighted by atomic mass is 32.2. The Balaban J connectivity index is 1.98. The average molecular weight is 305 g/mol. The van der Waals surface area contributed by atoms with Crippen LogP contribution in [0, 0.1) is 0 Å². The second-order valence-corrected chi connectivity index (χ2v) is 5.78. The van der Waals surface area contributed by atoms with Gasteiger partial charge in [0.2, 0.25) is 5.91 Å². The van der Waals surface area contributed by atoms with E-state index in [1.165, 1.54) is 23.8 Å². The maximum absolute atomic E-state index is 11.5. The van der Waals surface area contributed by atoms with Crippen molar-refractivity contribution < 1.29 is 24.2 Å². The van der Waals surface area contributed by atoms with Gasteiger partial charge in [-0.1, -0.05) is 23.9 Å². The number of carboxylic acid groups (broad SMARTS) is 1. The molecule has 2 aliphatic rings. The molecule has 1 aromatic carbocycles. The number of benzene rings is 1. The third-order valence-electron chi connectivity index (χ3n) is 3.39. The molecule has 0 aromatic heterocycles. The summed E-state index contributed by atoms with van der Waals surface area (Å²) in [7, 11) is 1.30. The van der Waals surface area contributed by atoms with Crippen molar-refractivity contribution in [2.24, 2.45) is 0 Å². The molecule has 3 rings (SSSR count). The van der Waals surface area contributed by atoms with E-state index in [0.717, 1.165) is 0 Å². The lowest BCUT2D eigenvalue weighted by molar-refractivity contribution is -0.145. The fraction of sp³-hybridized carbons (Fsp3) is 0.214. The first-order chi connectivity index (χ1) is 10.0. The SMILES string of the molecule is COC(=O)c1ccc(C2=C(C(=O)O)N3C(=O)C[C@H]3S2)cc1. The van der Waals surface area contributed by atoms with Gasteiger partial charge in [0.05, 0.1) is 24.5 Å². The van der Waals surface area contributed by atoms with Gasteiger partial charge in [0.1, 0.15) is 5.70 Å². The smallest absolute Gasteiger partial charge is 0.353 e. The molecular weight excluding hydrogens is 294 g/mol. The molecule has 1 N–H and O–H groups in total. The van der Waals surface area contributed by atoms with Gasteiger partial charge in [0, 0.05) is 4.91 Å². The minimum atomic E-state index is -1.12. The molecule has 21 heavy (non-hydrogen) atoms. The van der Waals surface area contributed by atoms with Crippen LogP contribution >= 0.6 is 11.8 Å². The number of hydrogen-bond acceptors (Lipinski definition) is 5. The normalized spacial score (nSPS) is 20.1. The van der Waals surface area contributed by atoms with Crippen LogP contribution in [0.1, 0.15) is 22.3 Å². The second kappa shape index (κ2) is 4.92. The molecule has 0 bridgehead atoms. The fourth-order valence-electron chi connectivity index (χ4n) is 2.33. The zero-order valence-corrected chi connectivity index (χ0v) is 11.8. The topological polar surface area (TPSA) is 83.9 Å². The lowest BCUT2D eigenvalue weighted by Gasteiger charge is -2.33. The van der Waals surface area contributed by atoms with Crippen LogP contribution in [0.5, 0.6) is 0 Å². The van der Waals surface area contributed by atoms with E-state index >= 15 is 0 Å². The Hall–Kier alpha value is -2.28. The Morgan fingerprint density at radius 3 is 2.52 bits per heavy atom. The number of esters is 1. The van der Waals surface area contributed by atoms with E-state index in [4.69, 9.17) is 0 Å². The second-order valence-electron chi connectivity index (χ2n) is 4.59. The molecule has 2 heterocycles. The van der Waals surface area contributed by atoms with Gasteiger partial charge in [-0.15, -0.1) is 0 Å². The summed E-state index contributed by atoms with van der Waals surface area (Å²) >= 11 is 1.36. The molecular formula is C14H11NO5S. The number of hydrogen-bond donors (Lipinski definition) is 1. The van der Waals surface area contributed by atoms with Crippen molar-refractivity contribution >= 4 is 34.5 Å². The maximum Gasteiger partial charge on any atom is 0.353 e. The van der Waals surface area contributed by atoms with E-state index in [2.05, 4.69) is 4.74 Å². The van der Waals surface area contributed by atoms with E-state index in [1.807, 2.05) is 0 Å². The lowest BCUT2D eigenvalue weighted by atomic mass is 10.1. The number of thioether (sulfide) groups is 1. The van der Waals surface area contributed by atoms with Gasteiger partial charge in [-0.25, -0.2) is 9.59 Å². The number of amides is 1. The molecule has 0 spiro atoms. The van der Waals surface area contributed by atoms with Crippen molar-refractivity contribution in [1.29, 1.82) is 0 Å². The van der Waals surface area contributed by atoms with Crippen molar-refractivity contribution in [3.63, 3.8) is 0 Å². The lowest BCUT2D eigenvalue weighted by Crippen LogP contribution is -2.48. The number of carbonyl (C=O) groups is 3. The Morgan fingerprint density at radius 2 is 2.00 bits per heavy atom. The summed E-state index contributed by atoms with van der Waals surface area (Å²) in [5.74, 6) is -1.75. The van der Waals surface area contributed by atoms with Crippen molar-refractivity contribution in [1.82, 2.24) is 4.90 Å². The van der Waals surface area contributed by atoms with E-state index in [-0.39, 0.29) is 17.0 Å². The Labute approximate surface area is 124 Å². The van der Waals surface area contributed by atoms with Gasteiger partial charge in [-0.3, -0.25) is 9.69 Å². The minimum absolute atomic E-state index is 0.0204. The van der Waals surface area contributed by atoms with Crippen molar-refractivity contribution in [3.8, 4) is 0 Å². The van der Waals surface area contributed by atoms with Crippen molar-refractivity contribution in [2.75, 3.05) is 7.11 Å². The molecule has 0 unspecified atom stereocenters. The number of carbonyl (C=O) groups excluding carboxylic acids is 2. The fourth-order valence-corrected chi connectivity index (χ4v) is 3.73. The van der Waals surface area contributed by atoms with Crippen LogP contribution in [-0.4, -0.2) is 40.3 Å². The van der Waals surface area contributed by atoms with E-state index in [0.29, 0.717) is 22.5 Å². The van der Waals surface area contributed by atoms with Crippen molar-refractivity contribution in [3.05, 3.63) is 41.1 Å². The Bertz CT molecular complexity index is 679. The van der Waals surface area contributed by atoms with E-state index in [9.17, 15) is 19.5 Å². The molecule has 2 aliphatic heterocycles. The van der Waals surface area contributed by atoms with Crippen molar-refractivity contribution in [2.45, 2.75) is 11.8 Å². The number of ether oxygens (including phenoxy) is 1. The van der Waals surface area contributed by atoms with Crippen LogP contribution in [0.15, 0.2) is 30.0 Å². The number of fused-ring (bicyclic) bond motifs is 1. The quantitative estimate of drug-likeness (QED) is 0.673. The summed E-state index contributed by atoms with van der Waals surface area (Å²) in [5.41, 5.74) is 1.08. The van der Waals surface area contributed by atoms with Crippen LogP contribution in [-0.2, 0) is 14.3 Å². The monoisotopic (exact) mass is 305 g/mol. The summed E-state index contributed by atoms with van der Waals surface area (Å²) < 4.78 is 4.62. The zero-order valence-electron chi connectivity index (χ0n) is 11.0. The molecule has 108 valence electrons. The van der Waals surface area contributed by atoms with Gasteiger partial charge in [-0.05, 0) is 17.7 Å². The number of rotatable bonds is 3. The number of aliphatic carboxylic acids is 1. The molecule has 1 aromatic rings. The maximum atomic E-state index is 11.5. The van der Waals surface area contributed by atoms with Crippen LogP contribution < -0.4 is 0 Å². The number of methoxy groups -OCH3 is 1. The summed E-state index contributed by atoms with van der Waals surface area (Å²) in [5, 5.41) is 9.20. The highest BCUT2D eigenvalue weighted by Gasteiger charge is 2.48. The highest BCUT2D eigenvalue weighted by molar-refractivity contribution is 8.09. The van der Waals surface area contributed by atoms with E-state index in [1.54, 1.807) is 24.3 Å². The predicted octanol–water partition coefficient (Wildman–Crippen LogP) is 1.53. The molecule has 0 aliphatic carbocycles. The summed E-state index contributed by atoms with van der Waals surface area (Å²) in [6.45, 7) is 0. The summed E-state index contributed by atoms with van der Waals surface area (Å²) in [6.07, 6.45) is 0.352. The third-order valence-corrected chi connectivity index (χ3v) is 4.70. The van der Waals surface area contributed by atoms with Gasteiger partial charge in [0.15, 0.2) is 0 Å². The standard InChI is InChI=1S/C14H11NO5S/c1-20-14(19)8-4-2-7(3-5-8)12-11(13(17)18)15-9(16)6-10(15)21-12/h2-5,10H,6H2,1H3,(H,17,18)/t10-/m1/s1. The van der Waals surface area contributed by atoms with Crippen LogP contribution in [0.2, 0.25) is 0 Å². The highest BCUT2D eigenvalue weighted by Crippen LogP contribution is 2.50. The first-order valence-corrected chi connectivity index (χ1v) is 7.06. The first-order valence-electron chi connectivity index (χ1n) is 6.18. The van der Waals surface area contributed by atoms with Gasteiger partial charge in [-0.2, -0.15) is 0 Å².